The van der Waals surface area contributed by atoms with Gasteiger partial charge in [0.25, 0.3) is 0 Å². The summed E-state index contributed by atoms with van der Waals surface area (Å²) in [6, 6.07) is 7.78. The second-order valence-electron chi connectivity index (χ2n) is 5.67. The predicted octanol–water partition coefficient (Wildman–Crippen LogP) is 3.56. The lowest BCUT2D eigenvalue weighted by molar-refractivity contribution is 0.356. The molecule has 1 heterocycles. The molecular weight excluding hydrogens is 254 g/mol. The van der Waals surface area contributed by atoms with Gasteiger partial charge in [-0.2, -0.15) is 11.8 Å². The highest BCUT2D eigenvalue weighted by atomic mass is 32.2. The number of hydrogen-bond donors (Lipinski definition) is 1. The molecule has 0 aromatic heterocycles. The van der Waals surface area contributed by atoms with Gasteiger partial charge in [0.2, 0.25) is 0 Å². The Hall–Kier alpha value is -0.670. The molecule has 1 saturated carbocycles. The summed E-state index contributed by atoms with van der Waals surface area (Å²) in [7, 11) is 0. The maximum absolute atomic E-state index is 5.58. The summed E-state index contributed by atoms with van der Waals surface area (Å²) in [6.07, 6.45) is 7.36. The summed E-state index contributed by atoms with van der Waals surface area (Å²) in [5, 5.41) is 4.62. The van der Waals surface area contributed by atoms with E-state index in [1.807, 2.05) is 11.8 Å². The van der Waals surface area contributed by atoms with E-state index in [1.54, 1.807) is 0 Å². The minimum absolute atomic E-state index is 0.434. The summed E-state index contributed by atoms with van der Waals surface area (Å²) < 4.78 is 5.58. The molecule has 1 aliphatic carbocycles. The van der Waals surface area contributed by atoms with E-state index in [4.69, 9.17) is 4.74 Å². The van der Waals surface area contributed by atoms with Crippen LogP contribution in [0.1, 0.15) is 43.4 Å². The van der Waals surface area contributed by atoms with Gasteiger partial charge in [-0.25, -0.2) is 0 Å². The molecule has 3 heteroatoms. The standard InChI is InChI=1S/C16H23NOS/c1-11(17-14-4-3-5-16(14)19-2)12-6-7-15-13(10-12)8-9-18-15/h6-7,10-11,14,16-17H,3-5,8-9H2,1-2H3. The number of nitrogens with one attached hydrogen (secondary N) is 1. The van der Waals surface area contributed by atoms with E-state index in [9.17, 15) is 0 Å². The third-order valence-corrected chi connectivity index (χ3v) is 5.60. The average molecular weight is 277 g/mol. The second kappa shape index (κ2) is 5.76. The fourth-order valence-electron chi connectivity index (χ4n) is 3.29. The van der Waals surface area contributed by atoms with Gasteiger partial charge in [-0.05, 0) is 43.2 Å². The first kappa shape index (κ1) is 13.3. The number of rotatable bonds is 4. The molecule has 104 valence electrons. The molecule has 0 spiro atoms. The van der Waals surface area contributed by atoms with Crippen LogP contribution >= 0.6 is 11.8 Å². The quantitative estimate of drug-likeness (QED) is 0.909. The number of thioether (sulfide) groups is 1. The van der Waals surface area contributed by atoms with E-state index in [1.165, 1.54) is 30.4 Å². The van der Waals surface area contributed by atoms with Gasteiger partial charge in [-0.1, -0.05) is 18.6 Å². The van der Waals surface area contributed by atoms with Crippen molar-refractivity contribution < 1.29 is 4.74 Å². The molecule has 1 N–H and O–H groups in total. The zero-order valence-corrected chi connectivity index (χ0v) is 12.6. The molecule has 3 atom stereocenters. The maximum Gasteiger partial charge on any atom is 0.122 e. The van der Waals surface area contributed by atoms with Crippen molar-refractivity contribution in [2.45, 2.75) is 49.9 Å². The monoisotopic (exact) mass is 277 g/mol. The van der Waals surface area contributed by atoms with Gasteiger partial charge in [0.15, 0.2) is 0 Å². The van der Waals surface area contributed by atoms with Gasteiger partial charge in [-0.3, -0.25) is 0 Å². The van der Waals surface area contributed by atoms with Crippen molar-refractivity contribution >= 4 is 11.8 Å². The molecule has 3 rings (SSSR count). The Balaban J connectivity index is 1.68. The first-order valence-corrected chi connectivity index (χ1v) is 8.61. The molecule has 1 fully saturated rings. The SMILES string of the molecule is CSC1CCCC1NC(C)c1ccc2c(c1)CCO2. The Morgan fingerprint density at radius 3 is 3.11 bits per heavy atom. The summed E-state index contributed by atoms with van der Waals surface area (Å²) in [5.41, 5.74) is 2.77. The summed E-state index contributed by atoms with van der Waals surface area (Å²) in [6.45, 7) is 3.13. The van der Waals surface area contributed by atoms with Crippen molar-refractivity contribution in [3.63, 3.8) is 0 Å². The Morgan fingerprint density at radius 2 is 2.26 bits per heavy atom. The van der Waals surface area contributed by atoms with E-state index in [2.05, 4.69) is 36.7 Å². The van der Waals surface area contributed by atoms with Crippen LogP contribution in [0.2, 0.25) is 0 Å². The normalized spacial score (nSPS) is 27.1. The maximum atomic E-state index is 5.58. The van der Waals surface area contributed by atoms with Crippen molar-refractivity contribution in [2.24, 2.45) is 0 Å². The van der Waals surface area contributed by atoms with Gasteiger partial charge >= 0.3 is 0 Å². The topological polar surface area (TPSA) is 21.3 Å². The first-order chi connectivity index (χ1) is 9.28. The predicted molar refractivity (Wildman–Crippen MR) is 82.1 cm³/mol. The number of fused-ring (bicyclic) bond motifs is 1. The van der Waals surface area contributed by atoms with Crippen molar-refractivity contribution in [2.75, 3.05) is 12.9 Å². The molecule has 3 unspecified atom stereocenters. The molecule has 2 aliphatic rings. The van der Waals surface area contributed by atoms with Crippen molar-refractivity contribution in [3.8, 4) is 5.75 Å². The lowest BCUT2D eigenvalue weighted by Gasteiger charge is -2.24. The van der Waals surface area contributed by atoms with Crippen LogP contribution < -0.4 is 10.1 Å². The van der Waals surface area contributed by atoms with Gasteiger partial charge in [0.1, 0.15) is 5.75 Å². The van der Waals surface area contributed by atoms with Crippen LogP contribution in [-0.2, 0) is 6.42 Å². The van der Waals surface area contributed by atoms with Gasteiger partial charge < -0.3 is 10.1 Å². The zero-order valence-electron chi connectivity index (χ0n) is 11.8. The third kappa shape index (κ3) is 2.77. The molecule has 0 bridgehead atoms. The van der Waals surface area contributed by atoms with Crippen LogP contribution in [0.25, 0.3) is 0 Å². The Bertz CT molecular complexity index is 448. The highest BCUT2D eigenvalue weighted by Crippen LogP contribution is 2.32. The van der Waals surface area contributed by atoms with E-state index in [0.29, 0.717) is 12.1 Å². The molecule has 1 aromatic rings. The molecular formula is C16H23NOS. The largest absolute Gasteiger partial charge is 0.493 e. The molecule has 0 radical (unpaired) electrons. The van der Waals surface area contributed by atoms with Crippen LogP contribution in [-0.4, -0.2) is 24.2 Å². The van der Waals surface area contributed by atoms with Gasteiger partial charge in [0.05, 0.1) is 6.61 Å². The van der Waals surface area contributed by atoms with Crippen molar-refractivity contribution in [1.82, 2.24) is 5.32 Å². The fraction of sp³-hybridized carbons (Fsp3) is 0.625. The van der Waals surface area contributed by atoms with E-state index in [0.717, 1.165) is 24.0 Å². The Labute approximate surface area is 120 Å². The molecule has 0 amide bonds. The Morgan fingerprint density at radius 1 is 1.37 bits per heavy atom. The third-order valence-electron chi connectivity index (χ3n) is 4.43. The molecule has 0 saturated heterocycles. The van der Waals surface area contributed by atoms with Crippen LogP contribution in [0.15, 0.2) is 18.2 Å². The van der Waals surface area contributed by atoms with Gasteiger partial charge in [-0.15, -0.1) is 0 Å². The molecule has 1 aromatic carbocycles. The van der Waals surface area contributed by atoms with Crippen molar-refractivity contribution in [1.29, 1.82) is 0 Å². The van der Waals surface area contributed by atoms with E-state index >= 15 is 0 Å². The van der Waals surface area contributed by atoms with Crippen LogP contribution in [0.4, 0.5) is 0 Å². The average Bonchev–Trinajstić information content (AvgIpc) is 3.05. The molecule has 1 aliphatic heterocycles. The summed E-state index contributed by atoms with van der Waals surface area (Å²) in [4.78, 5) is 0. The van der Waals surface area contributed by atoms with Crippen molar-refractivity contribution in [3.05, 3.63) is 29.3 Å². The number of ether oxygens (including phenoxy) is 1. The van der Waals surface area contributed by atoms with E-state index in [-0.39, 0.29) is 0 Å². The number of benzene rings is 1. The molecule has 2 nitrogen and oxygen atoms in total. The lowest BCUT2D eigenvalue weighted by atomic mass is 10.0. The van der Waals surface area contributed by atoms with Crippen LogP contribution in [0.5, 0.6) is 5.75 Å². The minimum atomic E-state index is 0.434. The Kier molecular flexibility index (Phi) is 4.04. The summed E-state index contributed by atoms with van der Waals surface area (Å²) in [5.74, 6) is 1.08. The van der Waals surface area contributed by atoms with Crippen LogP contribution in [0, 0.1) is 0 Å². The smallest absolute Gasteiger partial charge is 0.122 e. The first-order valence-electron chi connectivity index (χ1n) is 7.32. The lowest BCUT2D eigenvalue weighted by Crippen LogP contribution is -2.35. The zero-order chi connectivity index (χ0) is 13.2. The molecule has 19 heavy (non-hydrogen) atoms. The van der Waals surface area contributed by atoms with Crippen LogP contribution in [0.3, 0.4) is 0 Å². The highest BCUT2D eigenvalue weighted by Gasteiger charge is 2.27. The summed E-state index contributed by atoms with van der Waals surface area (Å²) >= 11 is 2.02. The highest BCUT2D eigenvalue weighted by molar-refractivity contribution is 7.99. The second-order valence-corrected chi connectivity index (χ2v) is 6.74. The minimum Gasteiger partial charge on any atom is -0.493 e. The van der Waals surface area contributed by atoms with E-state index < -0.39 is 0 Å². The number of hydrogen-bond acceptors (Lipinski definition) is 3. The van der Waals surface area contributed by atoms with Gasteiger partial charge in [0, 0.05) is 23.8 Å². The fourth-order valence-corrected chi connectivity index (χ4v) is 4.24.